The van der Waals surface area contributed by atoms with Crippen molar-refractivity contribution in [2.75, 3.05) is 66.1 Å². The second kappa shape index (κ2) is 9.64. The second-order valence-corrected chi connectivity index (χ2v) is 7.43. The van der Waals surface area contributed by atoms with Crippen molar-refractivity contribution < 1.29 is 4.74 Å². The number of hydrogen-bond acceptors (Lipinski definition) is 5. The van der Waals surface area contributed by atoms with Gasteiger partial charge in [0.05, 0.1) is 6.61 Å². The number of likely N-dealkylation sites (tertiary alicyclic amines) is 1. The van der Waals surface area contributed by atoms with E-state index in [1.165, 1.54) is 5.56 Å². The van der Waals surface area contributed by atoms with E-state index < -0.39 is 0 Å². The average molecular weight is 347 g/mol. The van der Waals surface area contributed by atoms with Crippen LogP contribution in [0.3, 0.4) is 0 Å². The number of nitrogens with two attached hydrogens (primary N) is 1. The van der Waals surface area contributed by atoms with Gasteiger partial charge >= 0.3 is 0 Å². The molecule has 0 amide bonds. The Hall–Kier alpha value is -0.980. The minimum atomic E-state index is 0.399. The Bertz CT molecular complexity index is 482. The smallest absolute Gasteiger partial charge is 0.0589 e. The third-order valence-electron chi connectivity index (χ3n) is 5.71. The summed E-state index contributed by atoms with van der Waals surface area (Å²) in [7, 11) is 1.78. The molecule has 2 saturated heterocycles. The summed E-state index contributed by atoms with van der Waals surface area (Å²) in [6, 6.07) is 11.9. The van der Waals surface area contributed by atoms with Crippen molar-refractivity contribution in [2.45, 2.75) is 24.9 Å². The highest BCUT2D eigenvalue weighted by atomic mass is 16.5. The third-order valence-corrected chi connectivity index (χ3v) is 5.71. The molecule has 25 heavy (non-hydrogen) atoms. The molecule has 0 spiro atoms. The molecule has 1 aromatic carbocycles. The highest BCUT2D eigenvalue weighted by molar-refractivity contribution is 5.20. The maximum atomic E-state index is 6.08. The zero-order chi connectivity index (χ0) is 17.5. The molecular formula is C20H34N4O. The number of ether oxygens (including phenoxy) is 1. The van der Waals surface area contributed by atoms with Gasteiger partial charge in [0, 0.05) is 58.5 Å². The maximum absolute atomic E-state index is 6.08. The maximum Gasteiger partial charge on any atom is 0.0589 e. The van der Waals surface area contributed by atoms with E-state index in [1.807, 2.05) is 0 Å². The lowest BCUT2D eigenvalue weighted by Gasteiger charge is -2.42. The molecular weight excluding hydrogens is 312 g/mol. The van der Waals surface area contributed by atoms with Crippen LogP contribution in [0.5, 0.6) is 0 Å². The Balaban J connectivity index is 1.61. The van der Waals surface area contributed by atoms with Crippen LogP contribution in [-0.2, 0) is 4.74 Å². The molecule has 1 aromatic rings. The van der Waals surface area contributed by atoms with Crippen LogP contribution in [0.4, 0.5) is 0 Å². The fourth-order valence-corrected chi connectivity index (χ4v) is 4.01. The van der Waals surface area contributed by atoms with E-state index in [1.54, 1.807) is 7.11 Å². The fourth-order valence-electron chi connectivity index (χ4n) is 4.01. The van der Waals surface area contributed by atoms with Crippen LogP contribution in [-0.4, -0.2) is 86.8 Å². The van der Waals surface area contributed by atoms with Gasteiger partial charge in [-0.3, -0.25) is 9.80 Å². The SMILES string of the molecule is COCCN1CCN(C(CN2CCC(N)CC2)c2ccccc2)CC1. The van der Waals surface area contributed by atoms with Crippen molar-refractivity contribution in [3.63, 3.8) is 0 Å². The van der Waals surface area contributed by atoms with Gasteiger partial charge < -0.3 is 15.4 Å². The van der Waals surface area contributed by atoms with Crippen LogP contribution in [0.25, 0.3) is 0 Å². The molecule has 0 saturated carbocycles. The van der Waals surface area contributed by atoms with Crippen LogP contribution in [0, 0.1) is 0 Å². The van der Waals surface area contributed by atoms with E-state index >= 15 is 0 Å². The fraction of sp³-hybridized carbons (Fsp3) is 0.700. The summed E-state index contributed by atoms with van der Waals surface area (Å²) in [4.78, 5) is 7.80. The van der Waals surface area contributed by atoms with Gasteiger partial charge in [-0.05, 0) is 31.5 Å². The summed E-state index contributed by atoms with van der Waals surface area (Å²) in [6.45, 7) is 9.81. The molecule has 1 unspecified atom stereocenters. The molecule has 5 nitrogen and oxygen atoms in total. The van der Waals surface area contributed by atoms with E-state index in [0.717, 1.165) is 71.8 Å². The van der Waals surface area contributed by atoms with Gasteiger partial charge in [-0.15, -0.1) is 0 Å². The molecule has 0 aromatic heterocycles. The number of benzene rings is 1. The first-order valence-electron chi connectivity index (χ1n) is 9.74. The molecule has 3 rings (SSSR count). The number of nitrogens with zero attached hydrogens (tertiary/aromatic N) is 3. The van der Waals surface area contributed by atoms with Crippen molar-refractivity contribution in [1.82, 2.24) is 14.7 Å². The van der Waals surface area contributed by atoms with Crippen molar-refractivity contribution >= 4 is 0 Å². The Morgan fingerprint density at radius 3 is 2.32 bits per heavy atom. The number of methoxy groups -OCH3 is 1. The van der Waals surface area contributed by atoms with Gasteiger partial charge in [0.15, 0.2) is 0 Å². The van der Waals surface area contributed by atoms with Crippen molar-refractivity contribution in [1.29, 1.82) is 0 Å². The van der Waals surface area contributed by atoms with Gasteiger partial charge in [-0.2, -0.15) is 0 Å². The summed E-state index contributed by atoms with van der Waals surface area (Å²) in [5.41, 5.74) is 7.53. The van der Waals surface area contributed by atoms with Crippen LogP contribution in [0.2, 0.25) is 0 Å². The third kappa shape index (κ3) is 5.50. The topological polar surface area (TPSA) is 45.0 Å². The summed E-state index contributed by atoms with van der Waals surface area (Å²) in [5, 5.41) is 0. The molecule has 140 valence electrons. The van der Waals surface area contributed by atoms with Gasteiger partial charge in [0.25, 0.3) is 0 Å². The van der Waals surface area contributed by atoms with Crippen molar-refractivity contribution in [2.24, 2.45) is 5.73 Å². The molecule has 0 aliphatic carbocycles. The minimum absolute atomic E-state index is 0.399. The highest BCUT2D eigenvalue weighted by Crippen LogP contribution is 2.24. The minimum Gasteiger partial charge on any atom is -0.383 e. The van der Waals surface area contributed by atoms with Crippen molar-refractivity contribution in [3.05, 3.63) is 35.9 Å². The largest absolute Gasteiger partial charge is 0.383 e. The van der Waals surface area contributed by atoms with Gasteiger partial charge in [-0.25, -0.2) is 0 Å². The van der Waals surface area contributed by atoms with E-state index in [-0.39, 0.29) is 0 Å². The monoisotopic (exact) mass is 346 g/mol. The van der Waals surface area contributed by atoms with E-state index in [9.17, 15) is 0 Å². The molecule has 0 radical (unpaired) electrons. The number of hydrogen-bond donors (Lipinski definition) is 1. The van der Waals surface area contributed by atoms with Gasteiger partial charge in [0.2, 0.25) is 0 Å². The molecule has 2 N–H and O–H groups in total. The van der Waals surface area contributed by atoms with Crippen molar-refractivity contribution in [3.8, 4) is 0 Å². The summed E-state index contributed by atoms with van der Waals surface area (Å²) in [5.74, 6) is 0. The van der Waals surface area contributed by atoms with Crippen LogP contribution in [0.15, 0.2) is 30.3 Å². The standard InChI is InChI=1S/C20H34N4O/c1-25-16-15-22-11-13-24(14-12-22)20(18-5-3-2-4-6-18)17-23-9-7-19(21)8-10-23/h2-6,19-20H,7-17,21H2,1H3. The zero-order valence-corrected chi connectivity index (χ0v) is 15.6. The Morgan fingerprint density at radius 2 is 1.68 bits per heavy atom. The summed E-state index contributed by atoms with van der Waals surface area (Å²) in [6.07, 6.45) is 2.26. The predicted octanol–water partition coefficient (Wildman–Crippen LogP) is 1.41. The molecule has 2 aliphatic heterocycles. The number of piperidine rings is 1. The lowest BCUT2D eigenvalue weighted by molar-refractivity contribution is 0.0561. The first-order valence-corrected chi connectivity index (χ1v) is 9.74. The second-order valence-electron chi connectivity index (χ2n) is 7.43. The van der Waals surface area contributed by atoms with Crippen LogP contribution in [0.1, 0.15) is 24.4 Å². The molecule has 0 bridgehead atoms. The quantitative estimate of drug-likeness (QED) is 0.809. The van der Waals surface area contributed by atoms with E-state index in [4.69, 9.17) is 10.5 Å². The normalized spacial score (nSPS) is 23.0. The lowest BCUT2D eigenvalue weighted by atomic mass is 10.0. The van der Waals surface area contributed by atoms with E-state index in [2.05, 4.69) is 45.0 Å². The molecule has 5 heteroatoms. The zero-order valence-electron chi connectivity index (χ0n) is 15.6. The summed E-state index contributed by atoms with van der Waals surface area (Å²) < 4.78 is 5.23. The molecule has 2 fully saturated rings. The highest BCUT2D eigenvalue weighted by Gasteiger charge is 2.27. The lowest BCUT2D eigenvalue weighted by Crippen LogP contribution is -2.51. The van der Waals surface area contributed by atoms with Crippen LogP contribution >= 0.6 is 0 Å². The Labute approximate surface area is 152 Å². The molecule has 2 heterocycles. The molecule has 1 atom stereocenters. The Morgan fingerprint density at radius 1 is 1.00 bits per heavy atom. The van der Waals surface area contributed by atoms with Gasteiger partial charge in [0.1, 0.15) is 0 Å². The summed E-state index contributed by atoms with van der Waals surface area (Å²) >= 11 is 0. The predicted molar refractivity (Wildman–Crippen MR) is 103 cm³/mol. The van der Waals surface area contributed by atoms with Gasteiger partial charge in [-0.1, -0.05) is 30.3 Å². The number of piperazine rings is 1. The van der Waals surface area contributed by atoms with E-state index in [0.29, 0.717) is 12.1 Å². The first kappa shape index (κ1) is 18.8. The molecule has 2 aliphatic rings. The van der Waals surface area contributed by atoms with Crippen LogP contribution < -0.4 is 5.73 Å². The number of rotatable bonds is 7. The average Bonchev–Trinajstić information content (AvgIpc) is 2.67. The Kier molecular flexibility index (Phi) is 7.25. The first-order chi connectivity index (χ1) is 12.3.